The van der Waals surface area contributed by atoms with Crippen LogP contribution in [0.1, 0.15) is 15.9 Å². The van der Waals surface area contributed by atoms with Gasteiger partial charge in [-0.3, -0.25) is 4.79 Å². The van der Waals surface area contributed by atoms with Gasteiger partial charge < -0.3 is 0 Å². The number of carbonyl (C=O) groups is 1. The minimum absolute atomic E-state index is 0.0770. The molecule has 0 heterocycles. The predicted molar refractivity (Wildman–Crippen MR) is 51.0 cm³/mol. The molecule has 0 saturated carbocycles. The number of alkyl halides is 3. The molecular weight excluding hydrogens is 229 g/mol. The number of allylic oxidation sites excluding steroid dienone is 1. The van der Waals surface area contributed by atoms with Crippen molar-refractivity contribution in [2.75, 3.05) is 0 Å². The molecule has 1 aromatic carbocycles. The van der Waals surface area contributed by atoms with Crippen molar-refractivity contribution in [3.8, 4) is 0 Å². The number of hydrogen-bond acceptors (Lipinski definition) is 1. The van der Waals surface area contributed by atoms with Crippen molar-refractivity contribution in [3.05, 3.63) is 47.0 Å². The average Bonchev–Trinajstić information content (AvgIpc) is 2.14. The highest BCUT2D eigenvalue weighted by atomic mass is 35.5. The predicted octanol–water partition coefficient (Wildman–Crippen LogP) is 3.73. The van der Waals surface area contributed by atoms with Gasteiger partial charge in [0.15, 0.2) is 5.78 Å². The molecule has 0 saturated heterocycles. The third-order valence-corrected chi connectivity index (χ3v) is 1.97. The number of benzene rings is 1. The minimum atomic E-state index is -4.57. The molecule has 1 aromatic rings. The molecule has 0 radical (unpaired) electrons. The van der Waals surface area contributed by atoms with Crippen LogP contribution in [-0.2, 0) is 6.18 Å². The molecule has 0 aliphatic carbocycles. The largest absolute Gasteiger partial charge is 0.417 e. The Hall–Kier alpha value is -1.29. The van der Waals surface area contributed by atoms with Crippen LogP contribution in [0.25, 0.3) is 0 Å². The van der Waals surface area contributed by atoms with E-state index in [9.17, 15) is 18.0 Å². The van der Waals surface area contributed by atoms with Crippen molar-refractivity contribution in [3.63, 3.8) is 0 Å². The molecule has 0 fully saturated rings. The fraction of sp³-hybridized carbons (Fsp3) is 0.100. The first-order chi connectivity index (χ1) is 6.86. The van der Waals surface area contributed by atoms with Crippen LogP contribution in [0, 0.1) is 0 Å². The third-order valence-electron chi connectivity index (χ3n) is 1.74. The lowest BCUT2D eigenvalue weighted by Gasteiger charge is -2.10. The lowest BCUT2D eigenvalue weighted by molar-refractivity contribution is -0.137. The van der Waals surface area contributed by atoms with E-state index in [2.05, 4.69) is 6.58 Å². The van der Waals surface area contributed by atoms with E-state index in [0.29, 0.717) is 0 Å². The molecule has 0 aromatic heterocycles. The molecule has 0 bridgehead atoms. The maximum atomic E-state index is 12.4. The zero-order chi connectivity index (χ0) is 11.6. The van der Waals surface area contributed by atoms with Gasteiger partial charge in [0.2, 0.25) is 0 Å². The lowest BCUT2D eigenvalue weighted by Crippen LogP contribution is -2.11. The second-order valence-electron chi connectivity index (χ2n) is 2.76. The van der Waals surface area contributed by atoms with Gasteiger partial charge >= 0.3 is 6.18 Å². The van der Waals surface area contributed by atoms with Crippen LogP contribution in [0.15, 0.2) is 30.9 Å². The van der Waals surface area contributed by atoms with E-state index in [1.165, 1.54) is 0 Å². The molecular formula is C10H6ClF3O. The zero-order valence-electron chi connectivity index (χ0n) is 7.44. The van der Waals surface area contributed by atoms with E-state index >= 15 is 0 Å². The highest BCUT2D eigenvalue weighted by Crippen LogP contribution is 2.33. The number of halogens is 4. The van der Waals surface area contributed by atoms with E-state index in [-0.39, 0.29) is 5.02 Å². The summed E-state index contributed by atoms with van der Waals surface area (Å²) in [5.74, 6) is -0.801. The molecule has 5 heteroatoms. The molecule has 0 N–H and O–H groups in total. The SMILES string of the molecule is C=CC(=O)c1cc(Cl)ccc1C(F)(F)F. The van der Waals surface area contributed by atoms with Gasteiger partial charge in [0, 0.05) is 10.6 Å². The first kappa shape index (κ1) is 11.8. The standard InChI is InChI=1S/C10H6ClF3O/c1-2-9(15)7-5-6(11)3-4-8(7)10(12,13)14/h2-5H,1H2. The zero-order valence-corrected chi connectivity index (χ0v) is 8.19. The quantitative estimate of drug-likeness (QED) is 0.563. The summed E-state index contributed by atoms with van der Waals surface area (Å²) in [4.78, 5) is 11.2. The van der Waals surface area contributed by atoms with Crippen molar-refractivity contribution in [2.45, 2.75) is 6.18 Å². The summed E-state index contributed by atoms with van der Waals surface area (Å²) in [6, 6.07) is 2.84. The molecule has 0 atom stereocenters. The Labute approximate surface area is 89.2 Å². The van der Waals surface area contributed by atoms with E-state index < -0.39 is 23.1 Å². The van der Waals surface area contributed by atoms with Crippen molar-refractivity contribution >= 4 is 17.4 Å². The minimum Gasteiger partial charge on any atom is -0.289 e. The Balaban J connectivity index is 3.39. The summed E-state index contributed by atoms with van der Waals surface area (Å²) >= 11 is 5.51. The molecule has 1 nitrogen and oxygen atoms in total. The highest BCUT2D eigenvalue weighted by molar-refractivity contribution is 6.31. The van der Waals surface area contributed by atoms with Gasteiger partial charge in [-0.25, -0.2) is 0 Å². The number of ketones is 1. The fourth-order valence-corrected chi connectivity index (χ4v) is 1.25. The van der Waals surface area contributed by atoms with Crippen LogP contribution < -0.4 is 0 Å². The Morgan fingerprint density at radius 1 is 1.40 bits per heavy atom. The Morgan fingerprint density at radius 2 is 2.00 bits per heavy atom. The van der Waals surface area contributed by atoms with Gasteiger partial charge in [0.1, 0.15) is 0 Å². The molecule has 1 rings (SSSR count). The van der Waals surface area contributed by atoms with Gasteiger partial charge in [0.25, 0.3) is 0 Å². The second kappa shape index (κ2) is 4.06. The summed E-state index contributed by atoms with van der Waals surface area (Å²) < 4.78 is 37.3. The maximum absolute atomic E-state index is 12.4. The first-order valence-electron chi connectivity index (χ1n) is 3.90. The molecule has 0 unspecified atom stereocenters. The topological polar surface area (TPSA) is 17.1 Å². The van der Waals surface area contributed by atoms with E-state index in [4.69, 9.17) is 11.6 Å². The Morgan fingerprint density at radius 3 is 2.47 bits per heavy atom. The highest BCUT2D eigenvalue weighted by Gasteiger charge is 2.34. The van der Waals surface area contributed by atoms with Gasteiger partial charge in [-0.2, -0.15) is 13.2 Å². The summed E-state index contributed by atoms with van der Waals surface area (Å²) in [6.45, 7) is 3.13. The molecule has 0 aliphatic rings. The van der Waals surface area contributed by atoms with Gasteiger partial charge in [-0.15, -0.1) is 0 Å². The Kier molecular flexibility index (Phi) is 3.19. The van der Waals surface area contributed by atoms with Crippen molar-refractivity contribution in [1.82, 2.24) is 0 Å². The number of rotatable bonds is 2. The molecule has 15 heavy (non-hydrogen) atoms. The van der Waals surface area contributed by atoms with Gasteiger partial charge in [0.05, 0.1) is 5.56 Å². The van der Waals surface area contributed by atoms with Crippen LogP contribution in [0.3, 0.4) is 0 Å². The van der Waals surface area contributed by atoms with Gasteiger partial charge in [-0.1, -0.05) is 18.2 Å². The van der Waals surface area contributed by atoms with Crippen LogP contribution >= 0.6 is 11.6 Å². The average molecular weight is 235 g/mol. The van der Waals surface area contributed by atoms with Crippen molar-refractivity contribution < 1.29 is 18.0 Å². The van der Waals surface area contributed by atoms with Crippen molar-refractivity contribution in [1.29, 1.82) is 0 Å². The van der Waals surface area contributed by atoms with Crippen LogP contribution in [-0.4, -0.2) is 5.78 Å². The molecule has 80 valence electrons. The lowest BCUT2D eigenvalue weighted by atomic mass is 10.0. The van der Waals surface area contributed by atoms with Crippen LogP contribution in [0.2, 0.25) is 5.02 Å². The smallest absolute Gasteiger partial charge is 0.289 e. The Bertz CT molecular complexity index is 410. The van der Waals surface area contributed by atoms with Gasteiger partial charge in [-0.05, 0) is 24.3 Å². The maximum Gasteiger partial charge on any atom is 0.417 e. The van der Waals surface area contributed by atoms with E-state index in [0.717, 1.165) is 24.3 Å². The third kappa shape index (κ3) is 2.59. The monoisotopic (exact) mass is 234 g/mol. The number of carbonyl (C=O) groups excluding carboxylic acids is 1. The van der Waals surface area contributed by atoms with E-state index in [1.807, 2.05) is 0 Å². The summed E-state index contributed by atoms with van der Waals surface area (Å²) in [5, 5.41) is 0.0770. The second-order valence-corrected chi connectivity index (χ2v) is 3.19. The van der Waals surface area contributed by atoms with Crippen LogP contribution in [0.4, 0.5) is 13.2 Å². The first-order valence-corrected chi connectivity index (χ1v) is 4.27. The number of hydrogen-bond donors (Lipinski definition) is 0. The van der Waals surface area contributed by atoms with E-state index in [1.54, 1.807) is 0 Å². The normalized spacial score (nSPS) is 11.2. The summed E-state index contributed by atoms with van der Waals surface area (Å²) in [5.41, 5.74) is -1.48. The van der Waals surface area contributed by atoms with Crippen molar-refractivity contribution in [2.24, 2.45) is 0 Å². The molecule has 0 aliphatic heterocycles. The summed E-state index contributed by atoms with van der Waals surface area (Å²) in [7, 11) is 0. The molecule has 0 amide bonds. The summed E-state index contributed by atoms with van der Waals surface area (Å²) in [6.07, 6.45) is -3.75. The molecule has 0 spiro atoms. The fourth-order valence-electron chi connectivity index (χ4n) is 1.08. The van der Waals surface area contributed by atoms with Crippen LogP contribution in [0.5, 0.6) is 0 Å².